The van der Waals surface area contributed by atoms with Crippen molar-refractivity contribution >= 4 is 18.0 Å². The Labute approximate surface area is 187 Å². The molecule has 0 spiro atoms. The Morgan fingerprint density at radius 3 is 2.34 bits per heavy atom. The fraction of sp³-hybridized carbons (Fsp3) is 0.400. The van der Waals surface area contributed by atoms with Crippen molar-refractivity contribution in [2.45, 2.75) is 32.0 Å². The minimum atomic E-state index is -1.37. The lowest BCUT2D eigenvalue weighted by atomic mass is 9.76. The molecule has 0 radical (unpaired) electrons. The molecule has 2 aliphatic rings. The molecule has 7 heteroatoms. The van der Waals surface area contributed by atoms with E-state index in [1.807, 2.05) is 67.6 Å². The predicted octanol–water partition coefficient (Wildman–Crippen LogP) is 3.53. The Morgan fingerprint density at radius 2 is 1.75 bits per heavy atom. The van der Waals surface area contributed by atoms with Gasteiger partial charge in [0.25, 0.3) is 0 Å². The van der Waals surface area contributed by atoms with E-state index < -0.39 is 41.5 Å². The molecule has 7 nitrogen and oxygen atoms in total. The van der Waals surface area contributed by atoms with E-state index in [0.717, 1.165) is 16.0 Å². The monoisotopic (exact) mass is 437 g/mol. The third-order valence-electron chi connectivity index (χ3n) is 6.31. The zero-order valence-electron chi connectivity index (χ0n) is 18.2. The maximum absolute atomic E-state index is 13.6. The molecular formula is C25H27NO6. The summed E-state index contributed by atoms with van der Waals surface area (Å²) in [5, 5.41) is 0. The molecular weight excluding hydrogens is 410 g/mol. The topological polar surface area (TPSA) is 82.1 Å². The van der Waals surface area contributed by atoms with E-state index in [2.05, 4.69) is 0 Å². The Bertz CT molecular complexity index is 978. The van der Waals surface area contributed by atoms with Gasteiger partial charge in [0.05, 0.1) is 25.2 Å². The molecule has 2 aromatic carbocycles. The second-order valence-electron chi connectivity index (χ2n) is 8.14. The van der Waals surface area contributed by atoms with Crippen molar-refractivity contribution in [1.82, 2.24) is 4.90 Å². The Hall–Kier alpha value is -3.19. The van der Waals surface area contributed by atoms with Crippen molar-refractivity contribution < 1.29 is 28.6 Å². The van der Waals surface area contributed by atoms with Crippen LogP contribution in [0.5, 0.6) is 0 Å². The summed E-state index contributed by atoms with van der Waals surface area (Å²) in [5.74, 6) is -2.20. The number of ether oxygens (including phenoxy) is 3. The number of nitrogens with zero attached hydrogens (tertiary/aromatic N) is 1. The van der Waals surface area contributed by atoms with Gasteiger partial charge < -0.3 is 14.2 Å². The van der Waals surface area contributed by atoms with Crippen LogP contribution in [0.4, 0.5) is 4.79 Å². The lowest BCUT2D eigenvalue weighted by molar-refractivity contribution is -0.174. The molecule has 0 saturated carbocycles. The van der Waals surface area contributed by atoms with E-state index in [4.69, 9.17) is 14.2 Å². The van der Waals surface area contributed by atoms with E-state index in [1.54, 1.807) is 6.92 Å². The second-order valence-corrected chi connectivity index (χ2v) is 8.14. The fourth-order valence-electron chi connectivity index (χ4n) is 4.66. The standard InChI is InChI=1S/C25H27NO6/c1-3-30-23(28)25(16-18-10-6-4-7-11-18)17(2)20(22(27)26-14-15-31-24(26)29)21(32-25)19-12-8-5-9-13-19/h4-13,17,20-21H,3,14-16H2,1-2H3/t17-,20-,21-,25-/m0/s1. The average Bonchev–Trinajstić information content (AvgIpc) is 3.36. The highest BCUT2D eigenvalue weighted by Gasteiger charge is 2.61. The molecule has 0 N–H and O–H groups in total. The first-order chi connectivity index (χ1) is 15.5. The van der Waals surface area contributed by atoms with Crippen LogP contribution in [0.1, 0.15) is 31.1 Å². The van der Waals surface area contributed by atoms with Crippen molar-refractivity contribution in [2.75, 3.05) is 19.8 Å². The fourth-order valence-corrected chi connectivity index (χ4v) is 4.66. The van der Waals surface area contributed by atoms with Gasteiger partial charge in [-0.1, -0.05) is 67.6 Å². The lowest BCUT2D eigenvalue weighted by Gasteiger charge is -2.31. The van der Waals surface area contributed by atoms with Gasteiger partial charge in [-0.05, 0) is 18.1 Å². The molecule has 2 aromatic rings. The minimum absolute atomic E-state index is 0.162. The first-order valence-corrected chi connectivity index (χ1v) is 10.9. The summed E-state index contributed by atoms with van der Waals surface area (Å²) in [6.45, 7) is 4.11. The zero-order chi connectivity index (χ0) is 22.7. The highest BCUT2D eigenvalue weighted by Crippen LogP contribution is 2.51. The van der Waals surface area contributed by atoms with Crippen molar-refractivity contribution in [1.29, 1.82) is 0 Å². The van der Waals surface area contributed by atoms with Crippen LogP contribution in [0.2, 0.25) is 0 Å². The molecule has 2 amide bonds. The highest BCUT2D eigenvalue weighted by molar-refractivity contribution is 5.96. The van der Waals surface area contributed by atoms with Crippen LogP contribution in [0.15, 0.2) is 60.7 Å². The van der Waals surface area contributed by atoms with E-state index in [9.17, 15) is 14.4 Å². The maximum Gasteiger partial charge on any atom is 0.416 e. The largest absolute Gasteiger partial charge is 0.464 e. The third kappa shape index (κ3) is 3.88. The minimum Gasteiger partial charge on any atom is -0.464 e. The van der Waals surface area contributed by atoms with Gasteiger partial charge in [0.2, 0.25) is 5.91 Å². The van der Waals surface area contributed by atoms with E-state index in [-0.39, 0.29) is 26.2 Å². The zero-order valence-corrected chi connectivity index (χ0v) is 18.2. The Kier molecular flexibility index (Phi) is 6.28. The van der Waals surface area contributed by atoms with Gasteiger partial charge >= 0.3 is 12.1 Å². The smallest absolute Gasteiger partial charge is 0.416 e. The number of carbonyl (C=O) groups is 3. The number of esters is 1. The number of imide groups is 1. The summed E-state index contributed by atoms with van der Waals surface area (Å²) >= 11 is 0. The first-order valence-electron chi connectivity index (χ1n) is 10.9. The number of hydrogen-bond acceptors (Lipinski definition) is 6. The number of hydrogen-bond donors (Lipinski definition) is 0. The molecule has 2 aliphatic heterocycles. The number of rotatable bonds is 6. The van der Waals surface area contributed by atoms with E-state index >= 15 is 0 Å². The van der Waals surface area contributed by atoms with Gasteiger partial charge in [-0.15, -0.1) is 0 Å². The van der Waals surface area contributed by atoms with Crippen molar-refractivity contribution in [3.8, 4) is 0 Å². The van der Waals surface area contributed by atoms with Crippen LogP contribution in [0.3, 0.4) is 0 Å². The molecule has 2 saturated heterocycles. The van der Waals surface area contributed by atoms with Crippen LogP contribution in [0, 0.1) is 11.8 Å². The van der Waals surface area contributed by atoms with Gasteiger partial charge in [0.15, 0.2) is 5.60 Å². The molecule has 168 valence electrons. The number of cyclic esters (lactones) is 1. The predicted molar refractivity (Wildman–Crippen MR) is 115 cm³/mol. The number of benzene rings is 2. The third-order valence-corrected chi connectivity index (χ3v) is 6.31. The second kappa shape index (κ2) is 9.12. The summed E-state index contributed by atoms with van der Waals surface area (Å²) in [6, 6.07) is 18.8. The van der Waals surface area contributed by atoms with Crippen LogP contribution in [0.25, 0.3) is 0 Å². The van der Waals surface area contributed by atoms with Crippen molar-refractivity contribution in [2.24, 2.45) is 11.8 Å². The molecule has 0 unspecified atom stereocenters. The Morgan fingerprint density at radius 1 is 1.09 bits per heavy atom. The normalized spacial score (nSPS) is 27.2. The summed E-state index contributed by atoms with van der Waals surface area (Å²) in [6.07, 6.45) is -1.11. The molecule has 2 fully saturated rings. The van der Waals surface area contributed by atoms with Crippen molar-refractivity contribution in [3.63, 3.8) is 0 Å². The number of carbonyl (C=O) groups excluding carboxylic acids is 3. The summed E-state index contributed by atoms with van der Waals surface area (Å²) in [7, 11) is 0. The highest BCUT2D eigenvalue weighted by atomic mass is 16.6. The van der Waals surface area contributed by atoms with Crippen molar-refractivity contribution in [3.05, 3.63) is 71.8 Å². The first kappa shape index (κ1) is 22.0. The summed E-state index contributed by atoms with van der Waals surface area (Å²) in [5.41, 5.74) is 0.291. The van der Waals surface area contributed by atoms with Gasteiger partial charge in [0.1, 0.15) is 6.61 Å². The maximum atomic E-state index is 13.6. The molecule has 4 rings (SSSR count). The van der Waals surface area contributed by atoms with Gasteiger partial charge in [0, 0.05) is 12.3 Å². The molecule has 0 bridgehead atoms. The molecule has 4 atom stereocenters. The summed E-state index contributed by atoms with van der Waals surface area (Å²) < 4.78 is 17.0. The molecule has 0 aromatic heterocycles. The van der Waals surface area contributed by atoms with Gasteiger partial charge in [-0.3, -0.25) is 4.79 Å². The quantitative estimate of drug-likeness (QED) is 0.643. The van der Waals surface area contributed by atoms with Crippen LogP contribution in [-0.2, 0) is 30.2 Å². The van der Waals surface area contributed by atoms with Crippen LogP contribution in [-0.4, -0.2) is 48.2 Å². The van der Waals surface area contributed by atoms with E-state index in [0.29, 0.717) is 0 Å². The summed E-state index contributed by atoms with van der Waals surface area (Å²) in [4.78, 5) is 40.2. The molecule has 32 heavy (non-hydrogen) atoms. The average molecular weight is 437 g/mol. The van der Waals surface area contributed by atoms with Gasteiger partial charge in [-0.2, -0.15) is 0 Å². The molecule has 0 aliphatic carbocycles. The molecule has 2 heterocycles. The number of amides is 2. The Balaban J connectivity index is 1.79. The van der Waals surface area contributed by atoms with Gasteiger partial charge in [-0.25, -0.2) is 14.5 Å². The van der Waals surface area contributed by atoms with Crippen LogP contribution >= 0.6 is 0 Å². The SMILES string of the molecule is CCOC(=O)[C@@]1(Cc2ccccc2)O[C@@H](c2ccccc2)[C@@H](C(=O)N2CCOC2=O)[C@@H]1C. The lowest BCUT2D eigenvalue weighted by Crippen LogP contribution is -2.49. The van der Waals surface area contributed by atoms with E-state index in [1.165, 1.54) is 0 Å². The van der Waals surface area contributed by atoms with Crippen LogP contribution < -0.4 is 0 Å².